The first-order valence-corrected chi connectivity index (χ1v) is 5.63. The Balaban J connectivity index is 2.86. The second kappa shape index (κ2) is 3.39. The lowest BCUT2D eigenvalue weighted by molar-refractivity contribution is 0.0698. The van der Waals surface area contributed by atoms with Crippen LogP contribution in [0.25, 0.3) is 10.1 Å². The van der Waals surface area contributed by atoms with E-state index in [9.17, 15) is 9.90 Å². The molecule has 0 bridgehead atoms. The predicted molar refractivity (Wildman–Crippen MR) is 63.2 cm³/mol. The smallest absolute Gasteiger partial charge is 0.338 e. The monoisotopic (exact) mass is 320 g/mol. The van der Waals surface area contributed by atoms with E-state index in [0.717, 1.165) is 7.58 Å². The Bertz CT molecular complexity index is 518. The van der Waals surface area contributed by atoms with Crippen LogP contribution in [0, 0.1) is 2.88 Å². The first kappa shape index (κ1) is 9.72. The van der Waals surface area contributed by atoms with Crippen molar-refractivity contribution in [3.8, 4) is 5.75 Å². The predicted octanol–water partition coefficient (Wildman–Crippen LogP) is 2.91. The highest BCUT2D eigenvalue weighted by atomic mass is 127. The van der Waals surface area contributed by atoms with E-state index in [1.807, 2.05) is 22.6 Å². The van der Waals surface area contributed by atoms with Crippen molar-refractivity contribution in [3.63, 3.8) is 0 Å². The molecule has 0 aliphatic heterocycles. The minimum absolute atomic E-state index is 0.0919. The minimum atomic E-state index is -0.953. The summed E-state index contributed by atoms with van der Waals surface area (Å²) in [6.45, 7) is 0. The zero-order valence-corrected chi connectivity index (χ0v) is 9.79. The first-order valence-electron chi connectivity index (χ1n) is 3.74. The van der Waals surface area contributed by atoms with Gasteiger partial charge in [0.05, 0.1) is 8.45 Å². The number of aromatic hydroxyl groups is 1. The maximum absolute atomic E-state index is 10.9. The van der Waals surface area contributed by atoms with Gasteiger partial charge in [-0.05, 0) is 40.8 Å². The van der Waals surface area contributed by atoms with Crippen LogP contribution < -0.4 is 0 Å². The molecule has 0 atom stereocenters. The molecule has 72 valence electrons. The fourth-order valence-electron chi connectivity index (χ4n) is 1.26. The van der Waals surface area contributed by atoms with E-state index in [2.05, 4.69) is 0 Å². The molecular formula is C9H5IO3S. The molecule has 0 saturated heterocycles. The Labute approximate surface area is 97.1 Å². The van der Waals surface area contributed by atoms with Crippen LogP contribution >= 0.6 is 33.9 Å². The van der Waals surface area contributed by atoms with E-state index in [-0.39, 0.29) is 11.3 Å². The number of carboxylic acids is 1. The molecule has 0 saturated carbocycles. The molecule has 1 aromatic heterocycles. The number of halogens is 1. The van der Waals surface area contributed by atoms with Gasteiger partial charge in [-0.15, -0.1) is 11.3 Å². The van der Waals surface area contributed by atoms with Crippen LogP contribution in [-0.4, -0.2) is 16.2 Å². The first-order chi connectivity index (χ1) is 6.59. The van der Waals surface area contributed by atoms with Crippen LogP contribution in [0.2, 0.25) is 0 Å². The Kier molecular flexibility index (Phi) is 2.36. The van der Waals surface area contributed by atoms with Crippen molar-refractivity contribution in [2.75, 3.05) is 0 Å². The third kappa shape index (κ3) is 1.46. The molecule has 1 aromatic carbocycles. The third-order valence-electron chi connectivity index (χ3n) is 1.84. The summed E-state index contributed by atoms with van der Waals surface area (Å²) >= 11 is 3.41. The van der Waals surface area contributed by atoms with Crippen LogP contribution in [0.5, 0.6) is 5.75 Å². The van der Waals surface area contributed by atoms with E-state index >= 15 is 0 Å². The van der Waals surface area contributed by atoms with Gasteiger partial charge >= 0.3 is 5.97 Å². The second-order valence-electron chi connectivity index (χ2n) is 2.74. The van der Waals surface area contributed by atoms with Crippen LogP contribution in [0.4, 0.5) is 0 Å². The van der Waals surface area contributed by atoms with Crippen molar-refractivity contribution >= 4 is 50.0 Å². The van der Waals surface area contributed by atoms with Crippen molar-refractivity contribution in [3.05, 3.63) is 26.6 Å². The van der Waals surface area contributed by atoms with Crippen molar-refractivity contribution in [1.29, 1.82) is 0 Å². The van der Waals surface area contributed by atoms with Crippen molar-refractivity contribution in [1.82, 2.24) is 0 Å². The summed E-state index contributed by atoms with van der Waals surface area (Å²) in [6.07, 6.45) is 0. The fourth-order valence-corrected chi connectivity index (χ4v) is 3.39. The largest absolute Gasteiger partial charge is 0.508 e. The number of rotatable bonds is 1. The maximum atomic E-state index is 10.9. The summed E-state index contributed by atoms with van der Waals surface area (Å²) in [7, 11) is 0. The number of hydrogen-bond acceptors (Lipinski definition) is 3. The highest BCUT2D eigenvalue weighted by Crippen LogP contribution is 2.34. The van der Waals surface area contributed by atoms with Crippen LogP contribution in [0.3, 0.4) is 0 Å². The van der Waals surface area contributed by atoms with Gasteiger partial charge in [0.15, 0.2) is 0 Å². The molecule has 3 nitrogen and oxygen atoms in total. The Morgan fingerprint density at radius 3 is 2.79 bits per heavy atom. The van der Waals surface area contributed by atoms with E-state index in [4.69, 9.17) is 5.11 Å². The summed E-state index contributed by atoms with van der Waals surface area (Å²) in [6, 6.07) is 4.77. The molecule has 0 aliphatic rings. The molecule has 2 rings (SSSR count). The molecule has 0 aliphatic carbocycles. The standard InChI is InChI=1S/C9H5IO3S/c10-8-7(9(12)13)5-3-4(11)1-2-6(5)14-8/h1-3,11H,(H,12,13). The lowest BCUT2D eigenvalue weighted by Crippen LogP contribution is -1.95. The average Bonchev–Trinajstić information content (AvgIpc) is 2.40. The van der Waals surface area contributed by atoms with Crippen molar-refractivity contribution in [2.45, 2.75) is 0 Å². The summed E-state index contributed by atoms with van der Waals surface area (Å²) in [5.41, 5.74) is 0.279. The summed E-state index contributed by atoms with van der Waals surface area (Å²) < 4.78 is 1.61. The van der Waals surface area contributed by atoms with Gasteiger partial charge in [0.1, 0.15) is 5.75 Å². The van der Waals surface area contributed by atoms with E-state index in [1.54, 1.807) is 12.1 Å². The summed E-state index contributed by atoms with van der Waals surface area (Å²) in [4.78, 5) is 10.9. The normalized spacial score (nSPS) is 10.6. The second-order valence-corrected chi connectivity index (χ2v) is 5.60. The van der Waals surface area contributed by atoms with Gasteiger partial charge in [-0.2, -0.15) is 0 Å². The SMILES string of the molecule is O=C(O)c1c(I)sc2ccc(O)cc12. The number of phenols is 1. The number of carboxylic acid groups (broad SMARTS) is 1. The number of phenolic OH excluding ortho intramolecular Hbond substituents is 1. The molecule has 0 spiro atoms. The number of hydrogen-bond donors (Lipinski definition) is 2. The van der Waals surface area contributed by atoms with Crippen molar-refractivity contribution < 1.29 is 15.0 Å². The third-order valence-corrected chi connectivity index (χ3v) is 4.00. The number of thiophene rings is 1. The Morgan fingerprint density at radius 1 is 1.43 bits per heavy atom. The number of aromatic carboxylic acids is 1. The summed E-state index contributed by atoms with van der Waals surface area (Å²) in [5.74, 6) is -0.861. The molecule has 0 radical (unpaired) electrons. The van der Waals surface area contributed by atoms with Gasteiger partial charge in [-0.25, -0.2) is 4.79 Å². The van der Waals surface area contributed by atoms with Gasteiger partial charge in [0, 0.05) is 10.1 Å². The quantitative estimate of drug-likeness (QED) is 0.795. The minimum Gasteiger partial charge on any atom is -0.508 e. The number of benzene rings is 1. The molecule has 1 heterocycles. The van der Waals surface area contributed by atoms with Gasteiger partial charge in [0.25, 0.3) is 0 Å². The summed E-state index contributed by atoms with van der Waals surface area (Å²) in [5, 5.41) is 18.8. The van der Waals surface area contributed by atoms with Crippen LogP contribution in [0.15, 0.2) is 18.2 Å². The topological polar surface area (TPSA) is 57.5 Å². The molecule has 0 amide bonds. The van der Waals surface area contributed by atoms with Crippen LogP contribution in [0.1, 0.15) is 10.4 Å². The van der Waals surface area contributed by atoms with Crippen molar-refractivity contribution in [2.24, 2.45) is 0 Å². The van der Waals surface area contributed by atoms with Gasteiger partial charge in [0.2, 0.25) is 0 Å². The number of carbonyl (C=O) groups is 1. The van der Waals surface area contributed by atoms with Crippen LogP contribution in [-0.2, 0) is 0 Å². The van der Waals surface area contributed by atoms with E-state index in [1.165, 1.54) is 17.4 Å². The highest BCUT2D eigenvalue weighted by molar-refractivity contribution is 14.1. The van der Waals surface area contributed by atoms with Gasteiger partial charge in [-0.3, -0.25) is 0 Å². The molecule has 14 heavy (non-hydrogen) atoms. The molecule has 2 N–H and O–H groups in total. The zero-order chi connectivity index (χ0) is 10.3. The fraction of sp³-hybridized carbons (Fsp3) is 0. The molecule has 0 unspecified atom stereocenters. The van der Waals surface area contributed by atoms with Gasteiger partial charge < -0.3 is 10.2 Å². The lowest BCUT2D eigenvalue weighted by atomic mass is 10.2. The Hall–Kier alpha value is -0.820. The highest BCUT2D eigenvalue weighted by Gasteiger charge is 2.16. The molecular weight excluding hydrogens is 315 g/mol. The molecule has 5 heteroatoms. The zero-order valence-electron chi connectivity index (χ0n) is 6.82. The van der Waals surface area contributed by atoms with E-state index < -0.39 is 5.97 Å². The lowest BCUT2D eigenvalue weighted by Gasteiger charge is -1.94. The Morgan fingerprint density at radius 2 is 2.14 bits per heavy atom. The van der Waals surface area contributed by atoms with Gasteiger partial charge in [-0.1, -0.05) is 0 Å². The molecule has 0 fully saturated rings. The maximum Gasteiger partial charge on any atom is 0.338 e. The average molecular weight is 320 g/mol. The molecule has 2 aromatic rings. The van der Waals surface area contributed by atoms with E-state index in [0.29, 0.717) is 5.39 Å². The number of fused-ring (bicyclic) bond motifs is 1.